The molecule has 0 aliphatic rings. The highest BCUT2D eigenvalue weighted by atomic mass is 19.1. The van der Waals surface area contributed by atoms with Crippen molar-refractivity contribution in [2.24, 2.45) is 5.73 Å². The summed E-state index contributed by atoms with van der Waals surface area (Å²) in [6.45, 7) is -0.301. The van der Waals surface area contributed by atoms with E-state index in [2.05, 4.69) is 0 Å². The van der Waals surface area contributed by atoms with Crippen LogP contribution in [0.3, 0.4) is 0 Å². The molecular formula is C14H12F2N2O3. The van der Waals surface area contributed by atoms with Crippen molar-refractivity contribution in [1.29, 1.82) is 0 Å². The number of nitrogens with two attached hydrogens (primary N) is 1. The number of hydrogen-bond donors (Lipinski definition) is 1. The molecule has 0 aromatic heterocycles. The molecule has 2 rings (SSSR count). The van der Waals surface area contributed by atoms with E-state index in [1.807, 2.05) is 0 Å². The molecule has 2 aromatic rings. The van der Waals surface area contributed by atoms with Gasteiger partial charge in [0.2, 0.25) is 0 Å². The summed E-state index contributed by atoms with van der Waals surface area (Å²) in [5, 5.41) is 11.0. The van der Waals surface area contributed by atoms with Gasteiger partial charge in [-0.3, -0.25) is 10.1 Å². The molecule has 0 unspecified atom stereocenters. The van der Waals surface area contributed by atoms with Crippen molar-refractivity contribution in [2.75, 3.05) is 0 Å². The Morgan fingerprint density at radius 1 is 1.19 bits per heavy atom. The van der Waals surface area contributed by atoms with E-state index < -0.39 is 23.2 Å². The van der Waals surface area contributed by atoms with Gasteiger partial charge < -0.3 is 10.5 Å². The summed E-state index contributed by atoms with van der Waals surface area (Å²) in [7, 11) is 0. The molecule has 0 bridgehead atoms. The molecule has 0 heterocycles. The number of nitro benzene ring substituents is 1. The Morgan fingerprint density at radius 3 is 2.43 bits per heavy atom. The Morgan fingerprint density at radius 2 is 1.86 bits per heavy atom. The van der Waals surface area contributed by atoms with Gasteiger partial charge in [-0.1, -0.05) is 12.1 Å². The molecule has 5 nitrogen and oxygen atoms in total. The van der Waals surface area contributed by atoms with E-state index in [9.17, 15) is 18.9 Å². The molecule has 110 valence electrons. The minimum absolute atomic E-state index is 0.0696. The van der Waals surface area contributed by atoms with Crippen LogP contribution in [0.25, 0.3) is 0 Å². The number of nitro groups is 1. The van der Waals surface area contributed by atoms with Gasteiger partial charge in [-0.15, -0.1) is 0 Å². The molecule has 0 aliphatic heterocycles. The predicted octanol–water partition coefficient (Wildman–Crippen LogP) is 2.91. The summed E-state index contributed by atoms with van der Waals surface area (Å²) in [4.78, 5) is 10.3. The maximum Gasteiger partial charge on any atom is 0.311 e. The Bertz CT molecular complexity index is 657. The highest BCUT2D eigenvalue weighted by molar-refractivity contribution is 5.48. The number of nitrogens with zero attached hydrogens (tertiary/aromatic N) is 1. The molecular weight excluding hydrogens is 282 g/mol. The molecule has 0 atom stereocenters. The van der Waals surface area contributed by atoms with Crippen molar-refractivity contribution in [3.63, 3.8) is 0 Å². The minimum atomic E-state index is -0.767. The summed E-state index contributed by atoms with van der Waals surface area (Å²) >= 11 is 0. The van der Waals surface area contributed by atoms with E-state index in [-0.39, 0.29) is 23.5 Å². The first-order valence-corrected chi connectivity index (χ1v) is 6.06. The van der Waals surface area contributed by atoms with Crippen LogP contribution in [0.5, 0.6) is 5.75 Å². The highest BCUT2D eigenvalue weighted by Gasteiger charge is 2.17. The Kier molecular flexibility index (Phi) is 4.44. The third kappa shape index (κ3) is 3.32. The van der Waals surface area contributed by atoms with E-state index in [0.29, 0.717) is 5.56 Å². The maximum absolute atomic E-state index is 13.5. The number of rotatable bonds is 5. The molecule has 0 saturated heterocycles. The fourth-order valence-electron chi connectivity index (χ4n) is 1.77. The van der Waals surface area contributed by atoms with Gasteiger partial charge >= 0.3 is 5.69 Å². The van der Waals surface area contributed by atoms with Crippen LogP contribution in [0.2, 0.25) is 0 Å². The van der Waals surface area contributed by atoms with Crippen molar-refractivity contribution in [3.8, 4) is 5.75 Å². The molecule has 21 heavy (non-hydrogen) atoms. The average molecular weight is 294 g/mol. The van der Waals surface area contributed by atoms with Gasteiger partial charge in [0, 0.05) is 12.6 Å². The molecule has 2 N–H and O–H groups in total. The first-order valence-electron chi connectivity index (χ1n) is 6.06. The van der Waals surface area contributed by atoms with Crippen molar-refractivity contribution >= 4 is 5.69 Å². The molecule has 0 aliphatic carbocycles. The van der Waals surface area contributed by atoms with Gasteiger partial charge in [-0.25, -0.2) is 8.78 Å². The monoisotopic (exact) mass is 294 g/mol. The van der Waals surface area contributed by atoms with Crippen LogP contribution in [-0.4, -0.2) is 4.92 Å². The van der Waals surface area contributed by atoms with Crippen LogP contribution in [-0.2, 0) is 13.2 Å². The lowest BCUT2D eigenvalue weighted by Crippen LogP contribution is -2.04. The topological polar surface area (TPSA) is 78.4 Å². The van der Waals surface area contributed by atoms with E-state index >= 15 is 0 Å². The summed E-state index contributed by atoms with van der Waals surface area (Å²) in [5.41, 5.74) is 5.39. The molecule has 7 heteroatoms. The first-order chi connectivity index (χ1) is 10.0. The standard InChI is InChI=1S/C14H12F2N2O3/c15-11-2-1-3-12(16)10(11)8-21-14-5-4-9(7-17)6-13(14)18(19)20/h1-6H,7-8,17H2. The zero-order valence-electron chi connectivity index (χ0n) is 10.9. The van der Waals surface area contributed by atoms with Crippen molar-refractivity contribution in [3.05, 3.63) is 69.3 Å². The highest BCUT2D eigenvalue weighted by Crippen LogP contribution is 2.29. The molecule has 0 fully saturated rings. The van der Waals surface area contributed by atoms with Crippen LogP contribution < -0.4 is 10.5 Å². The van der Waals surface area contributed by atoms with Crippen LogP contribution in [0.4, 0.5) is 14.5 Å². The quantitative estimate of drug-likeness (QED) is 0.679. The average Bonchev–Trinajstić information content (AvgIpc) is 2.46. The van der Waals surface area contributed by atoms with Crippen LogP contribution in [0, 0.1) is 21.7 Å². The summed E-state index contributed by atoms with van der Waals surface area (Å²) in [6, 6.07) is 7.60. The van der Waals surface area contributed by atoms with E-state index in [4.69, 9.17) is 10.5 Å². The second-order valence-electron chi connectivity index (χ2n) is 4.25. The maximum atomic E-state index is 13.5. The number of benzene rings is 2. The van der Waals surface area contributed by atoms with Crippen LogP contribution in [0.15, 0.2) is 36.4 Å². The van der Waals surface area contributed by atoms with Crippen molar-refractivity contribution in [1.82, 2.24) is 0 Å². The van der Waals surface area contributed by atoms with Crippen LogP contribution >= 0.6 is 0 Å². The van der Waals surface area contributed by atoms with Gasteiger partial charge in [-0.05, 0) is 23.8 Å². The van der Waals surface area contributed by atoms with E-state index in [1.165, 1.54) is 18.2 Å². The third-order valence-electron chi connectivity index (χ3n) is 2.89. The Balaban J connectivity index is 2.26. The Hall–Kier alpha value is -2.54. The molecule has 0 amide bonds. The largest absolute Gasteiger partial charge is 0.482 e. The van der Waals surface area contributed by atoms with Crippen molar-refractivity contribution < 1.29 is 18.4 Å². The lowest BCUT2D eigenvalue weighted by Gasteiger charge is -2.09. The van der Waals surface area contributed by atoms with Gasteiger partial charge in [0.15, 0.2) is 5.75 Å². The molecule has 0 radical (unpaired) electrons. The zero-order chi connectivity index (χ0) is 15.4. The van der Waals surface area contributed by atoms with Gasteiger partial charge in [-0.2, -0.15) is 0 Å². The number of hydrogen-bond acceptors (Lipinski definition) is 4. The fourth-order valence-corrected chi connectivity index (χ4v) is 1.77. The summed E-state index contributed by atoms with van der Waals surface area (Å²) in [5.74, 6) is -1.60. The van der Waals surface area contributed by atoms with Crippen molar-refractivity contribution in [2.45, 2.75) is 13.2 Å². The second kappa shape index (κ2) is 6.27. The first kappa shape index (κ1) is 14.9. The normalized spacial score (nSPS) is 10.4. The predicted molar refractivity (Wildman–Crippen MR) is 71.7 cm³/mol. The van der Waals surface area contributed by atoms with Gasteiger partial charge in [0.1, 0.15) is 18.2 Å². The minimum Gasteiger partial charge on any atom is -0.482 e. The number of halogens is 2. The zero-order valence-corrected chi connectivity index (χ0v) is 10.9. The molecule has 0 saturated carbocycles. The van der Waals surface area contributed by atoms with Gasteiger partial charge in [0.25, 0.3) is 0 Å². The smallest absolute Gasteiger partial charge is 0.311 e. The lowest BCUT2D eigenvalue weighted by molar-refractivity contribution is -0.386. The van der Waals surface area contributed by atoms with Crippen LogP contribution in [0.1, 0.15) is 11.1 Å². The third-order valence-corrected chi connectivity index (χ3v) is 2.89. The Labute approximate surface area is 119 Å². The second-order valence-corrected chi connectivity index (χ2v) is 4.25. The summed E-state index contributed by atoms with van der Waals surface area (Å²) < 4.78 is 32.1. The van der Waals surface area contributed by atoms with E-state index in [1.54, 1.807) is 6.07 Å². The lowest BCUT2D eigenvalue weighted by atomic mass is 10.2. The number of ether oxygens (including phenoxy) is 1. The summed E-state index contributed by atoms with van der Waals surface area (Å²) in [6.07, 6.45) is 0. The SMILES string of the molecule is NCc1ccc(OCc2c(F)cccc2F)c([N+](=O)[O-])c1. The van der Waals surface area contributed by atoms with E-state index in [0.717, 1.165) is 12.1 Å². The molecule has 2 aromatic carbocycles. The van der Waals surface area contributed by atoms with Gasteiger partial charge in [0.05, 0.1) is 10.5 Å². The fraction of sp³-hybridized carbons (Fsp3) is 0.143. The molecule has 0 spiro atoms.